The molecule has 124 valence electrons. The van der Waals surface area contributed by atoms with E-state index < -0.39 is 0 Å². The second kappa shape index (κ2) is 6.45. The normalized spacial score (nSPS) is 15.5. The summed E-state index contributed by atoms with van der Waals surface area (Å²) in [4.78, 5) is 20.8. The van der Waals surface area contributed by atoms with E-state index in [1.807, 2.05) is 0 Å². The molecule has 0 radical (unpaired) electrons. The lowest BCUT2D eigenvalue weighted by atomic mass is 10.2. The predicted molar refractivity (Wildman–Crippen MR) is 92.9 cm³/mol. The van der Waals surface area contributed by atoms with Crippen molar-refractivity contribution in [2.75, 3.05) is 36.0 Å². The van der Waals surface area contributed by atoms with E-state index in [-0.39, 0.29) is 10.6 Å². The lowest BCUT2D eigenvalue weighted by Gasteiger charge is -2.35. The van der Waals surface area contributed by atoms with Gasteiger partial charge in [0.15, 0.2) is 0 Å². The summed E-state index contributed by atoms with van der Waals surface area (Å²) in [7, 11) is 1.59. The van der Waals surface area contributed by atoms with Crippen molar-refractivity contribution in [3.63, 3.8) is 0 Å². The molecule has 0 N–H and O–H groups in total. The molecule has 0 unspecified atom stereocenters. The number of nitrogens with zero attached hydrogens (tertiary/aromatic N) is 6. The molecule has 0 atom stereocenters. The van der Waals surface area contributed by atoms with Crippen LogP contribution in [0.2, 0.25) is 5.02 Å². The first kappa shape index (κ1) is 16.2. The van der Waals surface area contributed by atoms with Crippen LogP contribution in [0, 0.1) is 0 Å². The number of piperazine rings is 1. The predicted octanol–water partition coefficient (Wildman–Crippen LogP) is 1.74. The molecule has 1 fully saturated rings. The number of rotatable bonds is 3. The molecule has 23 heavy (non-hydrogen) atoms. The topological polar surface area (TPSA) is 67.2 Å². The van der Waals surface area contributed by atoms with Crippen LogP contribution in [0.5, 0.6) is 0 Å². The van der Waals surface area contributed by atoms with Gasteiger partial charge >= 0.3 is 0 Å². The summed E-state index contributed by atoms with van der Waals surface area (Å²) in [5.74, 6) is 1.23. The molecule has 0 saturated carbocycles. The highest BCUT2D eigenvalue weighted by molar-refractivity contribution is 7.09. The minimum atomic E-state index is -0.266. The standard InChI is InChI=1S/C14H19ClN6OS/c1-9(2)12-17-14(23-18-12)21-6-4-20(5-7-21)10-8-16-19(3)13(22)11(10)15/h8-9H,4-7H2,1-3H3. The Morgan fingerprint density at radius 2 is 1.87 bits per heavy atom. The zero-order chi connectivity index (χ0) is 16.6. The highest BCUT2D eigenvalue weighted by atomic mass is 35.5. The van der Waals surface area contributed by atoms with Crippen molar-refractivity contribution in [3.05, 3.63) is 27.4 Å². The molecular formula is C14H19ClN6OS. The van der Waals surface area contributed by atoms with E-state index in [1.165, 1.54) is 16.2 Å². The number of anilines is 2. The Balaban J connectivity index is 1.71. The van der Waals surface area contributed by atoms with Gasteiger partial charge in [-0.3, -0.25) is 4.79 Å². The molecule has 2 aromatic heterocycles. The van der Waals surface area contributed by atoms with E-state index in [1.54, 1.807) is 13.2 Å². The van der Waals surface area contributed by atoms with Crippen LogP contribution in [0.4, 0.5) is 10.8 Å². The Labute approximate surface area is 143 Å². The van der Waals surface area contributed by atoms with Crippen LogP contribution < -0.4 is 15.4 Å². The molecule has 3 rings (SSSR count). The van der Waals surface area contributed by atoms with Crippen molar-refractivity contribution in [2.45, 2.75) is 19.8 Å². The van der Waals surface area contributed by atoms with Crippen molar-refractivity contribution in [1.82, 2.24) is 19.1 Å². The van der Waals surface area contributed by atoms with Crippen LogP contribution in [0.1, 0.15) is 25.6 Å². The Morgan fingerprint density at radius 1 is 1.22 bits per heavy atom. The highest BCUT2D eigenvalue weighted by Gasteiger charge is 2.23. The third-order valence-corrected chi connectivity index (χ3v) is 5.04. The van der Waals surface area contributed by atoms with E-state index in [0.29, 0.717) is 11.6 Å². The van der Waals surface area contributed by atoms with Crippen molar-refractivity contribution >= 4 is 34.0 Å². The van der Waals surface area contributed by atoms with Crippen LogP contribution >= 0.6 is 23.1 Å². The van der Waals surface area contributed by atoms with Crippen molar-refractivity contribution in [2.24, 2.45) is 7.05 Å². The van der Waals surface area contributed by atoms with Gasteiger partial charge in [-0.15, -0.1) is 0 Å². The lowest BCUT2D eigenvalue weighted by molar-refractivity contribution is 0.640. The summed E-state index contributed by atoms with van der Waals surface area (Å²) in [5, 5.41) is 5.25. The molecule has 1 aliphatic rings. The molecule has 2 aromatic rings. The first-order valence-corrected chi connectivity index (χ1v) is 8.68. The second-order valence-corrected chi connectivity index (χ2v) is 6.94. The molecule has 0 aliphatic carbocycles. The Kier molecular flexibility index (Phi) is 4.54. The number of aromatic nitrogens is 4. The van der Waals surface area contributed by atoms with Gasteiger partial charge in [-0.25, -0.2) is 9.67 Å². The zero-order valence-electron chi connectivity index (χ0n) is 13.4. The number of halogens is 1. The van der Waals surface area contributed by atoms with Crippen LogP contribution in [0.15, 0.2) is 11.0 Å². The second-order valence-electron chi connectivity index (χ2n) is 5.84. The monoisotopic (exact) mass is 354 g/mol. The minimum Gasteiger partial charge on any atom is -0.365 e. The fraction of sp³-hybridized carbons (Fsp3) is 0.571. The molecule has 0 aromatic carbocycles. The van der Waals surface area contributed by atoms with Crippen LogP contribution in [-0.2, 0) is 7.05 Å². The Morgan fingerprint density at radius 3 is 2.48 bits per heavy atom. The molecule has 1 aliphatic heterocycles. The summed E-state index contributed by atoms with van der Waals surface area (Å²) in [6.45, 7) is 7.36. The maximum absolute atomic E-state index is 11.9. The highest BCUT2D eigenvalue weighted by Crippen LogP contribution is 2.26. The maximum atomic E-state index is 11.9. The van der Waals surface area contributed by atoms with Crippen LogP contribution in [0.3, 0.4) is 0 Å². The summed E-state index contributed by atoms with van der Waals surface area (Å²) in [6.07, 6.45) is 1.65. The molecule has 9 heteroatoms. The smallest absolute Gasteiger partial charge is 0.287 e. The summed E-state index contributed by atoms with van der Waals surface area (Å²) >= 11 is 7.62. The molecule has 0 spiro atoms. The minimum absolute atomic E-state index is 0.231. The van der Waals surface area contributed by atoms with Crippen LogP contribution in [-0.4, -0.2) is 45.3 Å². The molecule has 3 heterocycles. The maximum Gasteiger partial charge on any atom is 0.287 e. The third-order valence-electron chi connectivity index (χ3n) is 3.90. The Bertz CT molecular complexity index is 750. The molecule has 7 nitrogen and oxygen atoms in total. The third kappa shape index (κ3) is 3.18. The van der Waals surface area contributed by atoms with Gasteiger partial charge in [-0.1, -0.05) is 25.4 Å². The van der Waals surface area contributed by atoms with Gasteiger partial charge in [0.2, 0.25) is 5.13 Å². The van der Waals surface area contributed by atoms with Crippen molar-refractivity contribution < 1.29 is 0 Å². The van der Waals surface area contributed by atoms with Crippen LogP contribution in [0.25, 0.3) is 0 Å². The van der Waals surface area contributed by atoms with E-state index in [4.69, 9.17) is 11.6 Å². The SMILES string of the molecule is CC(C)c1nsc(N2CCN(c3cnn(C)c(=O)c3Cl)CC2)n1. The van der Waals surface area contributed by atoms with Crippen molar-refractivity contribution in [3.8, 4) is 0 Å². The van der Waals surface area contributed by atoms with E-state index in [9.17, 15) is 4.79 Å². The first-order chi connectivity index (χ1) is 11.0. The summed E-state index contributed by atoms with van der Waals surface area (Å²) in [6, 6.07) is 0. The summed E-state index contributed by atoms with van der Waals surface area (Å²) in [5.41, 5.74) is 0.437. The molecule has 1 saturated heterocycles. The number of hydrogen-bond donors (Lipinski definition) is 0. The van der Waals surface area contributed by atoms with E-state index in [2.05, 4.69) is 38.1 Å². The van der Waals surface area contributed by atoms with Gasteiger partial charge in [0.1, 0.15) is 10.8 Å². The van der Waals surface area contributed by atoms with Gasteiger partial charge in [0, 0.05) is 50.7 Å². The molecule has 0 bridgehead atoms. The zero-order valence-corrected chi connectivity index (χ0v) is 14.9. The van der Waals surface area contributed by atoms with Gasteiger partial charge in [0.25, 0.3) is 5.56 Å². The summed E-state index contributed by atoms with van der Waals surface area (Å²) < 4.78 is 5.65. The van der Waals surface area contributed by atoms with E-state index >= 15 is 0 Å². The molecule has 0 amide bonds. The number of hydrogen-bond acceptors (Lipinski definition) is 7. The number of aryl methyl sites for hydroxylation is 1. The first-order valence-electron chi connectivity index (χ1n) is 7.52. The quantitative estimate of drug-likeness (QED) is 0.836. The van der Waals surface area contributed by atoms with Gasteiger partial charge in [0.05, 0.1) is 11.9 Å². The van der Waals surface area contributed by atoms with Gasteiger partial charge in [-0.2, -0.15) is 9.47 Å². The molecular weight excluding hydrogens is 336 g/mol. The fourth-order valence-electron chi connectivity index (χ4n) is 2.45. The Hall–Kier alpha value is -1.67. The van der Waals surface area contributed by atoms with Crippen molar-refractivity contribution in [1.29, 1.82) is 0 Å². The average molecular weight is 355 g/mol. The largest absolute Gasteiger partial charge is 0.365 e. The van der Waals surface area contributed by atoms with E-state index in [0.717, 1.165) is 37.1 Å². The average Bonchev–Trinajstić information content (AvgIpc) is 3.03. The van der Waals surface area contributed by atoms with Gasteiger partial charge in [-0.05, 0) is 0 Å². The van der Waals surface area contributed by atoms with Gasteiger partial charge < -0.3 is 9.80 Å². The lowest BCUT2D eigenvalue weighted by Crippen LogP contribution is -2.47. The fourth-order valence-corrected chi connectivity index (χ4v) is 3.60.